The summed E-state index contributed by atoms with van der Waals surface area (Å²) in [6, 6.07) is 2.36. The Morgan fingerprint density at radius 3 is 2.69 bits per heavy atom. The molecule has 9 heteroatoms. The Balaban J connectivity index is 1.29. The van der Waals surface area contributed by atoms with Gasteiger partial charge in [-0.15, -0.1) is 11.3 Å². The first-order valence-corrected chi connectivity index (χ1v) is 14.3. The van der Waals surface area contributed by atoms with E-state index in [1.54, 1.807) is 11.3 Å². The van der Waals surface area contributed by atoms with Crippen molar-refractivity contribution >= 4 is 33.3 Å². The number of fused-ring (bicyclic) bond motifs is 1. The van der Waals surface area contributed by atoms with Gasteiger partial charge in [-0.05, 0) is 76.7 Å². The van der Waals surface area contributed by atoms with Gasteiger partial charge in [-0.25, -0.2) is 9.97 Å². The fourth-order valence-corrected chi connectivity index (χ4v) is 6.73. The van der Waals surface area contributed by atoms with Crippen LogP contribution in [0.25, 0.3) is 20.8 Å². The van der Waals surface area contributed by atoms with Gasteiger partial charge < -0.3 is 20.5 Å². The number of hydrogen-bond acceptors (Lipinski definition) is 9. The number of ether oxygens (including phenoxy) is 1. The Morgan fingerprint density at radius 1 is 1.08 bits per heavy atom. The van der Waals surface area contributed by atoms with E-state index in [2.05, 4.69) is 35.5 Å². The summed E-state index contributed by atoms with van der Waals surface area (Å²) in [5, 5.41) is 17.8. The lowest BCUT2D eigenvalue weighted by molar-refractivity contribution is -0.0205. The van der Waals surface area contributed by atoms with Crippen molar-refractivity contribution in [2.75, 3.05) is 30.4 Å². The van der Waals surface area contributed by atoms with Gasteiger partial charge >= 0.3 is 0 Å². The molecule has 3 aromatic heterocycles. The minimum atomic E-state index is 0.250. The van der Waals surface area contributed by atoms with E-state index in [0.717, 1.165) is 78.5 Å². The van der Waals surface area contributed by atoms with Gasteiger partial charge in [0.25, 0.3) is 0 Å². The SMILES string of the molecule is CCO[C@H]1C[C@@H](CNc2nc(C)c(-c3nc4c(C5CC5)nccc4s3)c(N[C@H]3CC[C@@H](CO)C3)n2)C1. The molecule has 3 aliphatic carbocycles. The lowest BCUT2D eigenvalue weighted by Gasteiger charge is -2.35. The second-order valence-electron chi connectivity index (χ2n) is 10.7. The van der Waals surface area contributed by atoms with Crippen LogP contribution in [0.4, 0.5) is 11.8 Å². The van der Waals surface area contributed by atoms with E-state index in [1.807, 2.05) is 6.20 Å². The van der Waals surface area contributed by atoms with E-state index in [1.165, 1.54) is 17.5 Å². The Bertz CT molecular complexity index is 1220. The third-order valence-corrected chi connectivity index (χ3v) is 8.93. The molecule has 3 N–H and O–H groups in total. The molecule has 3 heterocycles. The molecule has 8 nitrogen and oxygen atoms in total. The van der Waals surface area contributed by atoms with Gasteiger partial charge in [-0.2, -0.15) is 4.98 Å². The minimum Gasteiger partial charge on any atom is -0.396 e. The van der Waals surface area contributed by atoms with E-state index >= 15 is 0 Å². The van der Waals surface area contributed by atoms with E-state index < -0.39 is 0 Å². The van der Waals surface area contributed by atoms with Crippen molar-refractivity contribution in [3.05, 3.63) is 23.7 Å². The Kier molecular flexibility index (Phi) is 6.79. The van der Waals surface area contributed by atoms with E-state index in [4.69, 9.17) is 19.7 Å². The lowest BCUT2D eigenvalue weighted by atomic mass is 9.82. The fourth-order valence-electron chi connectivity index (χ4n) is 5.66. The number of aromatic nitrogens is 4. The number of nitrogens with zero attached hydrogens (tertiary/aromatic N) is 4. The molecule has 3 fully saturated rings. The molecule has 0 amide bonds. The number of aliphatic hydroxyl groups excluding tert-OH is 1. The summed E-state index contributed by atoms with van der Waals surface area (Å²) in [5.74, 6) is 3.01. The van der Waals surface area contributed by atoms with Gasteiger partial charge in [0.2, 0.25) is 5.95 Å². The lowest BCUT2D eigenvalue weighted by Crippen LogP contribution is -2.35. The minimum absolute atomic E-state index is 0.250. The normalized spacial score (nSPS) is 25.8. The van der Waals surface area contributed by atoms with Crippen LogP contribution in [0.1, 0.15) is 69.2 Å². The Labute approximate surface area is 216 Å². The monoisotopic (exact) mass is 508 g/mol. The number of hydrogen-bond donors (Lipinski definition) is 3. The average molecular weight is 509 g/mol. The molecular weight excluding hydrogens is 472 g/mol. The molecule has 192 valence electrons. The molecule has 36 heavy (non-hydrogen) atoms. The first kappa shape index (κ1) is 24.0. The second kappa shape index (κ2) is 10.2. The van der Waals surface area contributed by atoms with E-state index in [-0.39, 0.29) is 6.61 Å². The summed E-state index contributed by atoms with van der Waals surface area (Å²) in [4.78, 5) is 19.6. The van der Waals surface area contributed by atoms with Crippen LogP contribution in [-0.2, 0) is 4.74 Å². The first-order chi connectivity index (χ1) is 17.6. The van der Waals surface area contributed by atoms with Crippen molar-refractivity contribution in [2.24, 2.45) is 11.8 Å². The van der Waals surface area contributed by atoms with Crippen LogP contribution < -0.4 is 10.6 Å². The number of rotatable bonds is 10. The molecule has 0 unspecified atom stereocenters. The molecule has 2 atom stereocenters. The molecular formula is C27H36N6O2S. The van der Waals surface area contributed by atoms with Gasteiger partial charge in [0.15, 0.2) is 0 Å². The van der Waals surface area contributed by atoms with Crippen molar-refractivity contribution in [2.45, 2.75) is 76.9 Å². The predicted octanol–water partition coefficient (Wildman–Crippen LogP) is 5.13. The van der Waals surface area contributed by atoms with Crippen molar-refractivity contribution in [1.29, 1.82) is 0 Å². The smallest absolute Gasteiger partial charge is 0.224 e. The summed E-state index contributed by atoms with van der Waals surface area (Å²) in [7, 11) is 0. The third kappa shape index (κ3) is 4.93. The van der Waals surface area contributed by atoms with Crippen LogP contribution in [-0.4, -0.2) is 56.9 Å². The van der Waals surface area contributed by atoms with Crippen molar-refractivity contribution < 1.29 is 9.84 Å². The van der Waals surface area contributed by atoms with Crippen LogP contribution in [0.3, 0.4) is 0 Å². The molecule has 0 radical (unpaired) electrons. The van der Waals surface area contributed by atoms with Gasteiger partial charge in [-0.3, -0.25) is 4.98 Å². The number of thiazole rings is 1. The van der Waals surface area contributed by atoms with Gasteiger partial charge in [-0.1, -0.05) is 0 Å². The zero-order chi connectivity index (χ0) is 24.6. The van der Waals surface area contributed by atoms with E-state index in [9.17, 15) is 5.11 Å². The summed E-state index contributed by atoms with van der Waals surface area (Å²) < 4.78 is 6.88. The first-order valence-electron chi connectivity index (χ1n) is 13.5. The maximum absolute atomic E-state index is 9.64. The van der Waals surface area contributed by atoms with E-state index in [0.29, 0.717) is 35.8 Å². The molecule has 0 aliphatic heterocycles. The highest BCUT2D eigenvalue weighted by molar-refractivity contribution is 7.21. The Hall–Kier alpha value is -2.36. The van der Waals surface area contributed by atoms with Crippen molar-refractivity contribution in [3.8, 4) is 10.6 Å². The maximum atomic E-state index is 9.64. The zero-order valence-electron chi connectivity index (χ0n) is 21.2. The van der Waals surface area contributed by atoms with Crippen LogP contribution >= 0.6 is 11.3 Å². The van der Waals surface area contributed by atoms with Gasteiger partial charge in [0, 0.05) is 37.9 Å². The second-order valence-corrected chi connectivity index (χ2v) is 11.7. The number of nitrogens with one attached hydrogen (secondary N) is 2. The summed E-state index contributed by atoms with van der Waals surface area (Å²) in [6.07, 6.45) is 9.94. The highest BCUT2D eigenvalue weighted by Gasteiger charge is 2.31. The molecule has 3 aromatic rings. The molecule has 0 bridgehead atoms. The zero-order valence-corrected chi connectivity index (χ0v) is 22.0. The highest BCUT2D eigenvalue weighted by atomic mass is 32.1. The van der Waals surface area contributed by atoms with Crippen LogP contribution in [0.2, 0.25) is 0 Å². The summed E-state index contributed by atoms with van der Waals surface area (Å²) in [6.45, 7) is 6.00. The van der Waals surface area contributed by atoms with Crippen molar-refractivity contribution in [1.82, 2.24) is 19.9 Å². The largest absolute Gasteiger partial charge is 0.396 e. The molecule has 0 spiro atoms. The third-order valence-electron chi connectivity index (χ3n) is 7.89. The Morgan fingerprint density at radius 2 is 1.94 bits per heavy atom. The quantitative estimate of drug-likeness (QED) is 0.346. The molecule has 3 aliphatic rings. The van der Waals surface area contributed by atoms with Gasteiger partial charge in [0.05, 0.1) is 27.8 Å². The molecule has 3 saturated carbocycles. The summed E-state index contributed by atoms with van der Waals surface area (Å²) in [5.41, 5.74) is 4.07. The van der Waals surface area contributed by atoms with Crippen LogP contribution in [0.5, 0.6) is 0 Å². The standard InChI is InChI=1S/C27H36N6O2S/c1-3-35-20-11-17(12-20)13-29-27-30-15(2)22(25(33-27)31-19-7-4-16(10-19)14-34)26-32-24-21(36-26)8-9-28-23(24)18-5-6-18/h8-9,16-20,34H,3-7,10-14H2,1-2H3,(H2,29,30,31,33)/t16-,17-,19+,20+/m1/s1. The topological polar surface area (TPSA) is 105 Å². The summed E-state index contributed by atoms with van der Waals surface area (Å²) >= 11 is 1.70. The highest BCUT2D eigenvalue weighted by Crippen LogP contribution is 2.44. The maximum Gasteiger partial charge on any atom is 0.224 e. The number of pyridine rings is 1. The number of aryl methyl sites for hydroxylation is 1. The number of aliphatic hydroxyl groups is 1. The van der Waals surface area contributed by atoms with Crippen LogP contribution in [0, 0.1) is 18.8 Å². The predicted molar refractivity (Wildman–Crippen MR) is 144 cm³/mol. The molecule has 0 aromatic carbocycles. The van der Waals surface area contributed by atoms with Crippen molar-refractivity contribution in [3.63, 3.8) is 0 Å². The molecule has 0 saturated heterocycles. The van der Waals surface area contributed by atoms with Crippen LogP contribution in [0.15, 0.2) is 12.3 Å². The molecule has 6 rings (SSSR count). The average Bonchev–Trinajstić information content (AvgIpc) is 3.44. The number of anilines is 2. The fraction of sp³-hybridized carbons (Fsp3) is 0.630. The van der Waals surface area contributed by atoms with Gasteiger partial charge in [0.1, 0.15) is 16.3 Å².